The molecule has 0 spiro atoms. The number of aryl methyl sites for hydroxylation is 1. The number of carbonyl (C=O) groups excluding carboxylic acids is 1. The fourth-order valence-electron chi connectivity index (χ4n) is 2.65. The van der Waals surface area contributed by atoms with E-state index in [-0.39, 0.29) is 18.3 Å². The van der Waals surface area contributed by atoms with Crippen molar-refractivity contribution in [2.45, 2.75) is 27.2 Å². The molecule has 0 atom stereocenters. The molecule has 0 aliphatic carbocycles. The van der Waals surface area contributed by atoms with Crippen LogP contribution >= 0.6 is 0 Å². The van der Waals surface area contributed by atoms with E-state index in [2.05, 4.69) is 24.1 Å². The molecule has 0 unspecified atom stereocenters. The van der Waals surface area contributed by atoms with E-state index in [0.717, 1.165) is 11.3 Å². The summed E-state index contributed by atoms with van der Waals surface area (Å²) in [4.78, 5) is 27.1. The summed E-state index contributed by atoms with van der Waals surface area (Å²) >= 11 is 0. The van der Waals surface area contributed by atoms with Gasteiger partial charge in [0.15, 0.2) is 11.5 Å². The molecular formula is C18H20N2O4. The Morgan fingerprint density at radius 1 is 1.21 bits per heavy atom. The summed E-state index contributed by atoms with van der Waals surface area (Å²) in [6, 6.07) is 6.58. The molecule has 1 amide bonds. The van der Waals surface area contributed by atoms with Crippen LogP contribution in [-0.2, 0) is 6.42 Å². The quantitative estimate of drug-likeness (QED) is 0.904. The molecule has 126 valence electrons. The lowest BCUT2D eigenvalue weighted by Gasteiger charge is -2.11. The average molecular weight is 328 g/mol. The highest BCUT2D eigenvalue weighted by molar-refractivity contribution is 6.04. The summed E-state index contributed by atoms with van der Waals surface area (Å²) in [5.41, 5.74) is 2.31. The Bertz CT molecular complexity index is 839. The Morgan fingerprint density at radius 2 is 1.92 bits per heavy atom. The Hall–Kier alpha value is -2.76. The number of hydrogen-bond donors (Lipinski definition) is 2. The average Bonchev–Trinajstić information content (AvgIpc) is 2.93. The van der Waals surface area contributed by atoms with Crippen molar-refractivity contribution >= 4 is 11.6 Å². The smallest absolute Gasteiger partial charge is 0.255 e. The molecule has 1 aliphatic heterocycles. The van der Waals surface area contributed by atoms with E-state index in [0.29, 0.717) is 35.1 Å². The Balaban J connectivity index is 1.85. The van der Waals surface area contributed by atoms with Gasteiger partial charge in [0.1, 0.15) is 0 Å². The van der Waals surface area contributed by atoms with Crippen LogP contribution in [0.4, 0.5) is 5.69 Å². The summed E-state index contributed by atoms with van der Waals surface area (Å²) in [5, 5.41) is 2.84. The second-order valence-electron chi connectivity index (χ2n) is 6.33. The number of benzene rings is 1. The third-order valence-electron chi connectivity index (χ3n) is 3.76. The van der Waals surface area contributed by atoms with Crippen molar-refractivity contribution < 1.29 is 14.3 Å². The predicted molar refractivity (Wildman–Crippen MR) is 90.9 cm³/mol. The molecule has 2 heterocycles. The van der Waals surface area contributed by atoms with Gasteiger partial charge >= 0.3 is 0 Å². The zero-order valence-electron chi connectivity index (χ0n) is 13.9. The summed E-state index contributed by atoms with van der Waals surface area (Å²) < 4.78 is 10.6. The number of aromatic amines is 1. The van der Waals surface area contributed by atoms with Crippen LogP contribution in [-0.4, -0.2) is 17.7 Å². The molecule has 2 aromatic rings. The molecule has 1 aliphatic rings. The minimum Gasteiger partial charge on any atom is -0.454 e. The zero-order chi connectivity index (χ0) is 17.3. The predicted octanol–water partition coefficient (Wildman–Crippen LogP) is 2.86. The second-order valence-corrected chi connectivity index (χ2v) is 6.33. The SMILES string of the molecule is Cc1cc2c(cc1NC(=O)c1cc(CC(C)C)[nH]c(=O)c1)OCO2. The third-order valence-corrected chi connectivity index (χ3v) is 3.76. The highest BCUT2D eigenvalue weighted by Crippen LogP contribution is 2.36. The molecule has 6 nitrogen and oxygen atoms in total. The van der Waals surface area contributed by atoms with Gasteiger partial charge in [-0.15, -0.1) is 0 Å². The number of fused-ring (bicyclic) bond motifs is 1. The van der Waals surface area contributed by atoms with Crippen molar-refractivity contribution in [3.05, 3.63) is 51.4 Å². The number of hydrogen-bond acceptors (Lipinski definition) is 4. The minimum absolute atomic E-state index is 0.179. The number of ether oxygens (including phenoxy) is 2. The number of H-pyrrole nitrogens is 1. The van der Waals surface area contributed by atoms with Gasteiger partial charge in [-0.3, -0.25) is 9.59 Å². The Morgan fingerprint density at radius 3 is 2.62 bits per heavy atom. The highest BCUT2D eigenvalue weighted by Gasteiger charge is 2.17. The van der Waals surface area contributed by atoms with Crippen LogP contribution in [0.1, 0.15) is 35.5 Å². The standard InChI is InChI=1S/C18H20N2O4/c1-10(2)4-13-6-12(7-17(21)19-13)18(22)20-14-8-16-15(5-11(14)3)23-9-24-16/h5-8,10H,4,9H2,1-3H3,(H,19,21)(H,20,22). The maximum Gasteiger partial charge on any atom is 0.255 e. The molecule has 0 radical (unpaired) electrons. The van der Waals surface area contributed by atoms with E-state index in [9.17, 15) is 9.59 Å². The lowest BCUT2D eigenvalue weighted by Crippen LogP contribution is -2.18. The van der Waals surface area contributed by atoms with Gasteiger partial charge in [0.2, 0.25) is 12.4 Å². The Kier molecular flexibility index (Phi) is 4.29. The normalized spacial score (nSPS) is 12.5. The number of aromatic nitrogens is 1. The number of nitrogens with one attached hydrogen (secondary N) is 2. The van der Waals surface area contributed by atoms with Gasteiger partial charge < -0.3 is 19.8 Å². The van der Waals surface area contributed by atoms with Crippen molar-refractivity contribution in [2.24, 2.45) is 5.92 Å². The van der Waals surface area contributed by atoms with Crippen molar-refractivity contribution in [2.75, 3.05) is 12.1 Å². The molecule has 6 heteroatoms. The molecule has 2 N–H and O–H groups in total. The lowest BCUT2D eigenvalue weighted by molar-refractivity contribution is 0.102. The number of anilines is 1. The first-order valence-corrected chi connectivity index (χ1v) is 7.87. The third kappa shape index (κ3) is 3.42. The molecule has 0 saturated carbocycles. The van der Waals surface area contributed by atoms with Crippen LogP contribution < -0.4 is 20.3 Å². The topological polar surface area (TPSA) is 80.4 Å². The summed E-state index contributed by atoms with van der Waals surface area (Å²) in [7, 11) is 0. The molecular weight excluding hydrogens is 308 g/mol. The number of amides is 1. The largest absolute Gasteiger partial charge is 0.454 e. The van der Waals surface area contributed by atoms with Gasteiger partial charge in [0.05, 0.1) is 0 Å². The van der Waals surface area contributed by atoms with Crippen LogP contribution in [0, 0.1) is 12.8 Å². The first kappa shape index (κ1) is 16.1. The maximum atomic E-state index is 12.5. The van der Waals surface area contributed by atoms with Gasteiger partial charge in [-0.05, 0) is 37.0 Å². The van der Waals surface area contributed by atoms with Crippen molar-refractivity contribution in [1.29, 1.82) is 0 Å². The minimum atomic E-state index is -0.326. The van der Waals surface area contributed by atoms with Crippen LogP contribution in [0.15, 0.2) is 29.1 Å². The molecule has 0 fully saturated rings. The van der Waals surface area contributed by atoms with Gasteiger partial charge in [-0.25, -0.2) is 0 Å². The first-order chi connectivity index (χ1) is 11.4. The summed E-state index contributed by atoms with van der Waals surface area (Å²) in [5.74, 6) is 1.33. The molecule has 24 heavy (non-hydrogen) atoms. The zero-order valence-corrected chi connectivity index (χ0v) is 13.9. The van der Waals surface area contributed by atoms with E-state index >= 15 is 0 Å². The number of rotatable bonds is 4. The summed E-state index contributed by atoms with van der Waals surface area (Å²) in [6.07, 6.45) is 0.708. The summed E-state index contributed by atoms with van der Waals surface area (Å²) in [6.45, 7) is 6.17. The second kappa shape index (κ2) is 6.39. The van der Waals surface area contributed by atoms with Crippen LogP contribution in [0.5, 0.6) is 11.5 Å². The molecule has 0 bridgehead atoms. The van der Waals surface area contributed by atoms with E-state index in [1.807, 2.05) is 13.0 Å². The molecule has 3 rings (SSSR count). The Labute approximate surface area is 139 Å². The van der Waals surface area contributed by atoms with E-state index in [1.165, 1.54) is 6.07 Å². The number of pyridine rings is 1. The monoisotopic (exact) mass is 328 g/mol. The highest BCUT2D eigenvalue weighted by atomic mass is 16.7. The van der Waals surface area contributed by atoms with E-state index < -0.39 is 0 Å². The van der Waals surface area contributed by atoms with Crippen molar-refractivity contribution in [3.63, 3.8) is 0 Å². The van der Waals surface area contributed by atoms with Crippen molar-refractivity contribution in [3.8, 4) is 11.5 Å². The first-order valence-electron chi connectivity index (χ1n) is 7.87. The molecule has 0 saturated heterocycles. The van der Waals surface area contributed by atoms with Crippen molar-refractivity contribution in [1.82, 2.24) is 4.98 Å². The van der Waals surface area contributed by atoms with Crippen LogP contribution in [0.2, 0.25) is 0 Å². The van der Waals surface area contributed by atoms with Gasteiger partial charge in [0.25, 0.3) is 5.91 Å². The maximum absolute atomic E-state index is 12.5. The molecule has 1 aromatic heterocycles. The van der Waals surface area contributed by atoms with Gasteiger partial charge in [0, 0.05) is 29.1 Å². The van der Waals surface area contributed by atoms with Gasteiger partial charge in [-0.2, -0.15) is 0 Å². The van der Waals surface area contributed by atoms with Gasteiger partial charge in [-0.1, -0.05) is 13.8 Å². The fraction of sp³-hybridized carbons (Fsp3) is 0.333. The number of carbonyl (C=O) groups is 1. The van der Waals surface area contributed by atoms with E-state index in [1.54, 1.807) is 12.1 Å². The lowest BCUT2D eigenvalue weighted by atomic mass is 10.1. The molecule has 1 aromatic carbocycles. The van der Waals surface area contributed by atoms with Crippen LogP contribution in [0.3, 0.4) is 0 Å². The fourth-order valence-corrected chi connectivity index (χ4v) is 2.65. The van der Waals surface area contributed by atoms with Crippen LogP contribution in [0.25, 0.3) is 0 Å². The van der Waals surface area contributed by atoms with E-state index in [4.69, 9.17) is 9.47 Å².